The van der Waals surface area contributed by atoms with E-state index in [1.54, 1.807) is 35.2 Å². The van der Waals surface area contributed by atoms with Crippen LogP contribution in [0.25, 0.3) is 10.2 Å². The zero-order valence-electron chi connectivity index (χ0n) is 17.6. The smallest absolute Gasteiger partial charge is 0.279 e. The van der Waals surface area contributed by atoms with Gasteiger partial charge in [-0.3, -0.25) is 4.79 Å². The van der Waals surface area contributed by atoms with Gasteiger partial charge in [0.2, 0.25) is 0 Å². The van der Waals surface area contributed by atoms with Crippen LogP contribution >= 0.6 is 23.1 Å². The molecule has 0 aliphatic heterocycles. The number of carbonyl (C=O) groups excluding carboxylic acids is 1. The third-order valence-corrected chi connectivity index (χ3v) is 6.56. The first-order chi connectivity index (χ1) is 15.2. The first-order valence-corrected chi connectivity index (χ1v) is 12.4. The summed E-state index contributed by atoms with van der Waals surface area (Å²) in [6.45, 7) is 2.96. The van der Waals surface area contributed by atoms with Crippen molar-refractivity contribution < 1.29 is 9.53 Å². The number of amides is 1. The molecule has 0 spiro atoms. The monoisotopic (exact) mass is 448 g/mol. The lowest BCUT2D eigenvalue weighted by molar-refractivity contribution is 0.0997. The Hall–Kier alpha value is -2.83. The molecule has 0 N–H and O–H groups in total. The normalized spacial score (nSPS) is 11.7. The minimum absolute atomic E-state index is 0.265. The maximum atomic E-state index is 13.0. The van der Waals surface area contributed by atoms with Crippen molar-refractivity contribution in [2.24, 2.45) is 4.99 Å². The predicted octanol–water partition coefficient (Wildman–Crippen LogP) is 6.16. The second-order valence-electron chi connectivity index (χ2n) is 7.04. The number of thioether (sulfide) groups is 1. The number of rotatable bonds is 7. The summed E-state index contributed by atoms with van der Waals surface area (Å²) in [5.41, 5.74) is 2.93. The maximum absolute atomic E-state index is 13.0. The van der Waals surface area contributed by atoms with E-state index in [0.29, 0.717) is 11.3 Å². The number of aryl methyl sites for hydroxylation is 2. The predicted molar refractivity (Wildman–Crippen MR) is 130 cm³/mol. The third-order valence-electron chi connectivity index (χ3n) is 4.93. The van der Waals surface area contributed by atoms with Crippen LogP contribution in [0.1, 0.15) is 22.8 Å². The van der Waals surface area contributed by atoms with Gasteiger partial charge in [-0.05, 0) is 60.7 Å². The molecule has 31 heavy (non-hydrogen) atoms. The second kappa shape index (κ2) is 9.98. The fourth-order valence-corrected chi connectivity index (χ4v) is 4.77. The van der Waals surface area contributed by atoms with E-state index in [-0.39, 0.29) is 5.91 Å². The van der Waals surface area contributed by atoms with Crippen LogP contribution in [0.5, 0.6) is 11.5 Å². The molecular weight excluding hydrogens is 424 g/mol. The number of para-hydroxylation sites is 1. The molecule has 0 saturated carbocycles. The Labute approximate surface area is 190 Å². The Bertz CT molecular complexity index is 1260. The highest BCUT2D eigenvalue weighted by molar-refractivity contribution is 7.98. The van der Waals surface area contributed by atoms with Gasteiger partial charge in [0.1, 0.15) is 11.5 Å². The molecule has 4 rings (SSSR count). The van der Waals surface area contributed by atoms with E-state index >= 15 is 0 Å². The van der Waals surface area contributed by atoms with Gasteiger partial charge in [-0.2, -0.15) is 16.8 Å². The van der Waals surface area contributed by atoms with Crippen molar-refractivity contribution in [3.63, 3.8) is 0 Å². The molecule has 0 bridgehead atoms. The van der Waals surface area contributed by atoms with Crippen LogP contribution in [0.15, 0.2) is 77.8 Å². The average molecular weight is 449 g/mol. The first kappa shape index (κ1) is 21.4. The largest absolute Gasteiger partial charge is 0.457 e. The van der Waals surface area contributed by atoms with Crippen LogP contribution in [0.2, 0.25) is 0 Å². The summed E-state index contributed by atoms with van der Waals surface area (Å²) in [7, 11) is 0. The molecule has 0 atom stereocenters. The molecule has 1 heterocycles. The number of nitrogens with zero attached hydrogens (tertiary/aromatic N) is 2. The quantitative estimate of drug-likeness (QED) is 0.340. The molecule has 1 aromatic heterocycles. The molecule has 4 aromatic rings. The number of benzene rings is 3. The summed E-state index contributed by atoms with van der Waals surface area (Å²) in [5.74, 6) is 2.05. The number of hydrogen-bond acceptors (Lipinski definition) is 4. The summed E-state index contributed by atoms with van der Waals surface area (Å²) in [4.78, 5) is 18.2. The van der Waals surface area contributed by atoms with Gasteiger partial charge < -0.3 is 9.30 Å². The van der Waals surface area contributed by atoms with Crippen molar-refractivity contribution >= 4 is 39.2 Å². The lowest BCUT2D eigenvalue weighted by Crippen LogP contribution is -2.18. The standard InChI is InChI=1S/C25H24N2O2S2/c1-3-18-12-13-22-23(16-18)31-25(27(22)14-15-30-2)26-24(28)19-8-7-11-21(17-19)29-20-9-5-4-6-10-20/h4-13,16-17H,3,14-15H2,1-2H3. The molecule has 6 heteroatoms. The summed E-state index contributed by atoms with van der Waals surface area (Å²) in [6.07, 6.45) is 3.07. The average Bonchev–Trinajstić information content (AvgIpc) is 3.14. The fourth-order valence-electron chi connectivity index (χ4n) is 3.29. The zero-order chi connectivity index (χ0) is 21.6. The Morgan fingerprint density at radius 2 is 1.84 bits per heavy atom. The molecular formula is C25H24N2O2S2. The van der Waals surface area contributed by atoms with Crippen molar-refractivity contribution in [3.05, 3.63) is 88.7 Å². The Morgan fingerprint density at radius 1 is 1.03 bits per heavy atom. The van der Waals surface area contributed by atoms with Gasteiger partial charge in [0.25, 0.3) is 5.91 Å². The summed E-state index contributed by atoms with van der Waals surface area (Å²) >= 11 is 3.35. The molecule has 158 valence electrons. The van der Waals surface area contributed by atoms with Crippen molar-refractivity contribution in [2.45, 2.75) is 19.9 Å². The minimum atomic E-state index is -0.265. The molecule has 4 nitrogen and oxygen atoms in total. The van der Waals surface area contributed by atoms with E-state index in [2.05, 4.69) is 40.9 Å². The van der Waals surface area contributed by atoms with Crippen molar-refractivity contribution in [3.8, 4) is 11.5 Å². The highest BCUT2D eigenvalue weighted by Gasteiger charge is 2.11. The molecule has 3 aromatic carbocycles. The van der Waals surface area contributed by atoms with Crippen LogP contribution in [0.3, 0.4) is 0 Å². The van der Waals surface area contributed by atoms with Crippen molar-refractivity contribution in [1.82, 2.24) is 4.57 Å². The lowest BCUT2D eigenvalue weighted by Gasteiger charge is -2.06. The van der Waals surface area contributed by atoms with Crippen LogP contribution < -0.4 is 9.54 Å². The molecule has 0 fully saturated rings. The minimum Gasteiger partial charge on any atom is -0.457 e. The van der Waals surface area contributed by atoms with Crippen molar-refractivity contribution in [1.29, 1.82) is 0 Å². The topological polar surface area (TPSA) is 43.6 Å². The van der Waals surface area contributed by atoms with E-state index < -0.39 is 0 Å². The van der Waals surface area contributed by atoms with Gasteiger partial charge in [-0.15, -0.1) is 0 Å². The van der Waals surface area contributed by atoms with Gasteiger partial charge in [-0.25, -0.2) is 0 Å². The number of ether oxygens (including phenoxy) is 1. The van der Waals surface area contributed by atoms with Crippen LogP contribution in [0.4, 0.5) is 0 Å². The number of hydrogen-bond donors (Lipinski definition) is 0. The van der Waals surface area contributed by atoms with Crippen LogP contribution in [-0.2, 0) is 13.0 Å². The summed E-state index contributed by atoms with van der Waals surface area (Å²) in [6, 6.07) is 23.2. The Kier molecular flexibility index (Phi) is 6.89. The van der Waals surface area contributed by atoms with E-state index in [1.165, 1.54) is 5.56 Å². The van der Waals surface area contributed by atoms with E-state index in [9.17, 15) is 4.79 Å². The summed E-state index contributed by atoms with van der Waals surface area (Å²) in [5, 5.41) is 0. The van der Waals surface area contributed by atoms with Gasteiger partial charge in [0.05, 0.1) is 10.2 Å². The van der Waals surface area contributed by atoms with E-state index in [4.69, 9.17) is 4.74 Å². The lowest BCUT2D eigenvalue weighted by atomic mass is 10.2. The molecule has 0 radical (unpaired) electrons. The third kappa shape index (κ3) is 5.09. The highest BCUT2D eigenvalue weighted by Crippen LogP contribution is 2.23. The molecule has 1 amide bonds. The molecule has 0 saturated heterocycles. The Morgan fingerprint density at radius 3 is 2.61 bits per heavy atom. The number of fused-ring (bicyclic) bond motifs is 1. The van der Waals surface area contributed by atoms with E-state index in [0.717, 1.165) is 39.5 Å². The summed E-state index contributed by atoms with van der Waals surface area (Å²) < 4.78 is 9.18. The first-order valence-electron chi connectivity index (χ1n) is 10.2. The van der Waals surface area contributed by atoms with Crippen molar-refractivity contribution in [2.75, 3.05) is 12.0 Å². The second-order valence-corrected chi connectivity index (χ2v) is 9.04. The number of thiazole rings is 1. The van der Waals surface area contributed by atoms with Gasteiger partial charge in [0.15, 0.2) is 4.80 Å². The molecule has 0 aliphatic carbocycles. The highest BCUT2D eigenvalue weighted by atomic mass is 32.2. The van der Waals surface area contributed by atoms with Gasteiger partial charge in [0, 0.05) is 17.9 Å². The molecule has 0 unspecified atom stereocenters. The number of carbonyl (C=O) groups is 1. The van der Waals surface area contributed by atoms with Gasteiger partial charge >= 0.3 is 0 Å². The zero-order valence-corrected chi connectivity index (χ0v) is 19.2. The van der Waals surface area contributed by atoms with Crippen LogP contribution in [0, 0.1) is 0 Å². The van der Waals surface area contributed by atoms with E-state index in [1.807, 2.05) is 42.5 Å². The fraction of sp³-hybridized carbons (Fsp3) is 0.200. The number of aromatic nitrogens is 1. The maximum Gasteiger partial charge on any atom is 0.279 e. The van der Waals surface area contributed by atoms with Crippen LogP contribution in [-0.4, -0.2) is 22.5 Å². The Balaban J connectivity index is 1.69. The SMILES string of the molecule is CCc1ccc2c(c1)sc(=NC(=O)c1cccc(Oc3ccccc3)c1)n2CCSC. The van der Waals surface area contributed by atoms with Gasteiger partial charge in [-0.1, -0.05) is 48.6 Å². The molecule has 0 aliphatic rings.